The summed E-state index contributed by atoms with van der Waals surface area (Å²) in [5.41, 5.74) is 0.182. The predicted octanol–water partition coefficient (Wildman–Crippen LogP) is 2.32. The number of guanidine groups is 1. The number of alkyl halides is 3. The number of rotatable bonds is 8. The molecule has 0 saturated heterocycles. The molecule has 1 heterocycles. The Kier molecular flexibility index (Phi) is 7.85. The first kappa shape index (κ1) is 21.3. The Balaban J connectivity index is 1.69. The number of nitrogens with zero attached hydrogens (tertiary/aromatic N) is 3. The lowest BCUT2D eigenvalue weighted by Crippen LogP contribution is -2.40. The van der Waals surface area contributed by atoms with E-state index in [0.717, 1.165) is 30.0 Å². The van der Waals surface area contributed by atoms with Gasteiger partial charge in [0.15, 0.2) is 5.96 Å². The molecule has 1 aromatic heterocycles. The van der Waals surface area contributed by atoms with E-state index < -0.39 is 11.9 Å². The molecule has 0 spiro atoms. The Morgan fingerprint density at radius 1 is 1.07 bits per heavy atom. The highest BCUT2D eigenvalue weighted by atomic mass is 19.4. The third-order valence-electron chi connectivity index (χ3n) is 3.74. The lowest BCUT2D eigenvalue weighted by atomic mass is 10.1. The van der Waals surface area contributed by atoms with Crippen molar-refractivity contribution in [2.75, 3.05) is 39.1 Å². The summed E-state index contributed by atoms with van der Waals surface area (Å²) in [5.74, 6) is 1.34. The topological polar surface area (TPSA) is 83.5 Å². The van der Waals surface area contributed by atoms with Gasteiger partial charge in [-0.05, 0) is 30.2 Å². The minimum absolute atomic E-state index is 0.0703. The van der Waals surface area contributed by atoms with Gasteiger partial charge in [0.05, 0.1) is 7.11 Å². The average Bonchev–Trinajstić information content (AvgIpc) is 2.70. The maximum absolute atomic E-state index is 12.6. The lowest BCUT2D eigenvalue weighted by molar-refractivity contribution is -0.141. The Labute approximate surface area is 161 Å². The highest BCUT2D eigenvalue weighted by Gasteiger charge is 2.32. The Hall–Kier alpha value is -3.04. The van der Waals surface area contributed by atoms with Gasteiger partial charge < -0.3 is 20.7 Å². The fraction of sp³-hybridized carbons (Fsp3) is 0.389. The van der Waals surface area contributed by atoms with Gasteiger partial charge >= 0.3 is 6.18 Å². The quantitative estimate of drug-likeness (QED) is 0.361. The van der Waals surface area contributed by atoms with Crippen LogP contribution in [0.4, 0.5) is 19.1 Å². The first-order valence-corrected chi connectivity index (χ1v) is 8.64. The zero-order valence-corrected chi connectivity index (χ0v) is 15.7. The monoisotopic (exact) mass is 396 g/mol. The van der Waals surface area contributed by atoms with E-state index in [1.54, 1.807) is 14.2 Å². The van der Waals surface area contributed by atoms with E-state index in [0.29, 0.717) is 25.6 Å². The van der Waals surface area contributed by atoms with Crippen LogP contribution in [0, 0.1) is 0 Å². The smallest absolute Gasteiger partial charge is 0.433 e. The molecule has 2 aromatic rings. The van der Waals surface area contributed by atoms with Crippen molar-refractivity contribution in [1.82, 2.24) is 20.6 Å². The van der Waals surface area contributed by atoms with Crippen LogP contribution in [0.2, 0.25) is 0 Å². The molecule has 0 bridgehead atoms. The van der Waals surface area contributed by atoms with Crippen molar-refractivity contribution in [1.29, 1.82) is 0 Å². The molecule has 0 saturated carbocycles. The van der Waals surface area contributed by atoms with Gasteiger partial charge in [-0.1, -0.05) is 12.1 Å². The van der Waals surface area contributed by atoms with Crippen LogP contribution < -0.4 is 20.7 Å². The number of halogens is 3. The number of methoxy groups -OCH3 is 1. The van der Waals surface area contributed by atoms with Crippen LogP contribution in [-0.2, 0) is 12.6 Å². The molecule has 7 nitrogen and oxygen atoms in total. The molecule has 0 fully saturated rings. The van der Waals surface area contributed by atoms with E-state index in [1.165, 1.54) is 0 Å². The highest BCUT2D eigenvalue weighted by molar-refractivity contribution is 5.79. The molecule has 0 aliphatic rings. The van der Waals surface area contributed by atoms with Crippen molar-refractivity contribution < 1.29 is 17.9 Å². The fourth-order valence-electron chi connectivity index (χ4n) is 2.30. The number of anilines is 1. The number of hydrogen-bond acceptors (Lipinski definition) is 5. The van der Waals surface area contributed by atoms with Gasteiger partial charge in [-0.25, -0.2) is 9.97 Å². The van der Waals surface area contributed by atoms with Crippen molar-refractivity contribution in [3.63, 3.8) is 0 Å². The van der Waals surface area contributed by atoms with Gasteiger partial charge in [-0.15, -0.1) is 0 Å². The number of nitrogens with one attached hydrogen (secondary N) is 3. The maximum Gasteiger partial charge on any atom is 0.433 e. The number of ether oxygens (including phenoxy) is 1. The summed E-state index contributed by atoms with van der Waals surface area (Å²) in [7, 11) is 3.27. The van der Waals surface area contributed by atoms with Gasteiger partial charge in [0, 0.05) is 32.9 Å². The SMILES string of the molecule is CN=C(NCCNc1nccc(C(F)(F)F)n1)NCCc1ccc(OC)cc1. The summed E-state index contributed by atoms with van der Waals surface area (Å²) in [4.78, 5) is 11.3. The van der Waals surface area contributed by atoms with Gasteiger partial charge in [0.25, 0.3) is 0 Å². The molecule has 0 aliphatic carbocycles. The lowest BCUT2D eigenvalue weighted by Gasteiger charge is -2.13. The second-order valence-electron chi connectivity index (χ2n) is 5.71. The minimum Gasteiger partial charge on any atom is -0.497 e. The van der Waals surface area contributed by atoms with Gasteiger partial charge in [-0.2, -0.15) is 13.2 Å². The molecule has 1 aromatic carbocycles. The largest absolute Gasteiger partial charge is 0.497 e. The van der Waals surface area contributed by atoms with E-state index in [1.807, 2.05) is 24.3 Å². The van der Waals surface area contributed by atoms with E-state index in [2.05, 4.69) is 30.9 Å². The Morgan fingerprint density at radius 3 is 2.43 bits per heavy atom. The third-order valence-corrected chi connectivity index (χ3v) is 3.74. The Morgan fingerprint density at radius 2 is 1.79 bits per heavy atom. The molecule has 0 radical (unpaired) electrons. The number of hydrogen-bond donors (Lipinski definition) is 3. The predicted molar refractivity (Wildman–Crippen MR) is 102 cm³/mol. The molecule has 0 atom stereocenters. The standard InChI is InChI=1S/C18H23F3N6O/c1-22-16(23-9-7-13-3-5-14(28-2)6-4-13)25-11-12-26-17-24-10-8-15(27-17)18(19,20)21/h3-6,8,10H,7,9,11-12H2,1-2H3,(H2,22,23,25)(H,24,26,27). The molecule has 0 unspecified atom stereocenters. The van der Waals surface area contributed by atoms with E-state index in [-0.39, 0.29) is 5.95 Å². The van der Waals surface area contributed by atoms with Crippen LogP contribution in [0.3, 0.4) is 0 Å². The van der Waals surface area contributed by atoms with E-state index in [4.69, 9.17) is 4.74 Å². The molecule has 2 rings (SSSR count). The van der Waals surface area contributed by atoms with Crippen molar-refractivity contribution >= 4 is 11.9 Å². The first-order valence-electron chi connectivity index (χ1n) is 8.64. The van der Waals surface area contributed by atoms with Gasteiger partial charge in [0.2, 0.25) is 5.95 Å². The molecule has 0 aliphatic heterocycles. The van der Waals surface area contributed by atoms with E-state index >= 15 is 0 Å². The summed E-state index contributed by atoms with van der Waals surface area (Å²) < 4.78 is 43.0. The van der Waals surface area contributed by atoms with Crippen LogP contribution in [0.5, 0.6) is 5.75 Å². The van der Waals surface area contributed by atoms with Gasteiger partial charge in [0.1, 0.15) is 11.4 Å². The van der Waals surface area contributed by atoms with Crippen molar-refractivity contribution in [2.24, 2.45) is 4.99 Å². The van der Waals surface area contributed by atoms with Crippen LogP contribution >= 0.6 is 0 Å². The summed E-state index contributed by atoms with van der Waals surface area (Å²) in [5, 5.41) is 8.99. The molecule has 152 valence electrons. The van der Waals surface area contributed by atoms with Crippen LogP contribution in [0.15, 0.2) is 41.5 Å². The summed E-state index contributed by atoms with van der Waals surface area (Å²) in [6, 6.07) is 8.64. The van der Waals surface area contributed by atoms with Crippen LogP contribution in [-0.4, -0.2) is 49.7 Å². The molecule has 28 heavy (non-hydrogen) atoms. The first-order chi connectivity index (χ1) is 13.4. The minimum atomic E-state index is -4.49. The van der Waals surface area contributed by atoms with E-state index in [9.17, 15) is 13.2 Å². The summed E-state index contributed by atoms with van der Waals surface area (Å²) >= 11 is 0. The van der Waals surface area contributed by atoms with Crippen LogP contribution in [0.25, 0.3) is 0 Å². The molecule has 0 amide bonds. The van der Waals surface area contributed by atoms with Crippen molar-refractivity contribution in [3.8, 4) is 5.75 Å². The van der Waals surface area contributed by atoms with Gasteiger partial charge in [-0.3, -0.25) is 4.99 Å². The number of aliphatic imine (C=N–C) groups is 1. The average molecular weight is 396 g/mol. The number of benzene rings is 1. The maximum atomic E-state index is 12.6. The number of aromatic nitrogens is 2. The van der Waals surface area contributed by atoms with Crippen LogP contribution in [0.1, 0.15) is 11.3 Å². The second kappa shape index (κ2) is 10.3. The Bertz CT molecular complexity index is 765. The second-order valence-corrected chi connectivity index (χ2v) is 5.71. The highest BCUT2D eigenvalue weighted by Crippen LogP contribution is 2.27. The summed E-state index contributed by atoms with van der Waals surface area (Å²) in [6.45, 7) is 1.44. The fourth-order valence-corrected chi connectivity index (χ4v) is 2.30. The van der Waals surface area contributed by atoms with Crippen molar-refractivity contribution in [2.45, 2.75) is 12.6 Å². The zero-order valence-electron chi connectivity index (χ0n) is 15.7. The third kappa shape index (κ3) is 6.93. The molecular weight excluding hydrogens is 373 g/mol. The molecule has 10 heteroatoms. The zero-order chi connectivity index (χ0) is 20.4. The summed E-state index contributed by atoms with van der Waals surface area (Å²) in [6.07, 6.45) is -2.61. The molecular formula is C18H23F3N6O. The van der Waals surface area contributed by atoms with Crippen molar-refractivity contribution in [3.05, 3.63) is 47.8 Å². The molecule has 3 N–H and O–H groups in total. The normalized spacial score (nSPS) is 11.8.